The van der Waals surface area contributed by atoms with Gasteiger partial charge in [-0.05, 0) is 7.05 Å². The summed E-state index contributed by atoms with van der Waals surface area (Å²) in [6, 6.07) is -0.675. The number of aliphatic hydroxyl groups excluding tert-OH is 5. The second-order valence-corrected chi connectivity index (χ2v) is 5.11. The van der Waals surface area contributed by atoms with E-state index in [1.807, 2.05) is 0 Å². The van der Waals surface area contributed by atoms with Crippen LogP contribution in [0.2, 0.25) is 0 Å². The van der Waals surface area contributed by atoms with Gasteiger partial charge >= 0.3 is 5.97 Å². The maximum atomic E-state index is 11.9. The molecule has 0 bridgehead atoms. The highest BCUT2D eigenvalue weighted by atomic mass is 16.6. The molecule has 1 heterocycles. The lowest BCUT2D eigenvalue weighted by atomic mass is 10.0. The third kappa shape index (κ3) is 5.15. The van der Waals surface area contributed by atoms with Gasteiger partial charge < -0.3 is 40.9 Å². The van der Waals surface area contributed by atoms with E-state index in [0.29, 0.717) is 0 Å². The molecular weight excluding hydrogens is 284 g/mol. The summed E-state index contributed by atoms with van der Waals surface area (Å²) in [7, 11) is 1.57. The van der Waals surface area contributed by atoms with Crippen LogP contribution in [0.1, 0.15) is 6.42 Å². The third-order valence-electron chi connectivity index (χ3n) is 3.38. The van der Waals surface area contributed by atoms with Gasteiger partial charge in [0.15, 0.2) is 0 Å². The van der Waals surface area contributed by atoms with E-state index >= 15 is 0 Å². The molecule has 21 heavy (non-hydrogen) atoms. The lowest BCUT2D eigenvalue weighted by Gasteiger charge is -2.29. The van der Waals surface area contributed by atoms with Gasteiger partial charge in [-0.3, -0.25) is 4.79 Å². The van der Waals surface area contributed by atoms with Gasteiger partial charge in [0, 0.05) is 19.5 Å². The zero-order valence-corrected chi connectivity index (χ0v) is 11.8. The number of hydrogen-bond acceptors (Lipinski definition) is 9. The van der Waals surface area contributed by atoms with E-state index in [9.17, 15) is 25.2 Å². The van der Waals surface area contributed by atoms with Crippen LogP contribution in [0.25, 0.3) is 0 Å². The first-order valence-electron chi connectivity index (χ1n) is 6.82. The van der Waals surface area contributed by atoms with E-state index in [1.165, 1.54) is 0 Å². The Morgan fingerprint density at radius 1 is 1.38 bits per heavy atom. The van der Waals surface area contributed by atoms with Crippen molar-refractivity contribution in [2.24, 2.45) is 0 Å². The average molecular weight is 308 g/mol. The highest BCUT2D eigenvalue weighted by Gasteiger charge is 2.36. The van der Waals surface area contributed by atoms with Crippen molar-refractivity contribution in [2.45, 2.75) is 43.0 Å². The first kappa shape index (κ1) is 18.2. The number of ether oxygens (including phenoxy) is 1. The number of carbonyl (C=O) groups is 1. The molecule has 6 atom stereocenters. The largest absolute Gasteiger partial charge is 0.457 e. The summed E-state index contributed by atoms with van der Waals surface area (Å²) in [6.45, 7) is -0.392. The normalized spacial score (nSPS) is 27.9. The monoisotopic (exact) mass is 308 g/mol. The van der Waals surface area contributed by atoms with Crippen molar-refractivity contribution >= 4 is 5.97 Å². The maximum Gasteiger partial charge on any atom is 0.323 e. The molecule has 0 saturated carbocycles. The Labute approximate surface area is 122 Å². The number of carbonyl (C=O) groups excluding carboxylic acids is 1. The first-order valence-corrected chi connectivity index (χ1v) is 6.82. The Balaban J connectivity index is 2.61. The molecule has 0 spiro atoms. The van der Waals surface area contributed by atoms with E-state index in [-0.39, 0.29) is 19.5 Å². The van der Waals surface area contributed by atoms with E-state index < -0.39 is 49.1 Å². The molecule has 0 aromatic heterocycles. The van der Waals surface area contributed by atoms with Crippen LogP contribution in [0.3, 0.4) is 0 Å². The van der Waals surface area contributed by atoms with Crippen LogP contribution < -0.4 is 10.6 Å². The van der Waals surface area contributed by atoms with Crippen LogP contribution in [0.15, 0.2) is 0 Å². The van der Waals surface area contributed by atoms with Gasteiger partial charge in [0.05, 0.1) is 12.7 Å². The second kappa shape index (κ2) is 8.59. The number of β-amino-alcohol motifs (C(OH)–C–C–N with tert-alkyl or cyclic N) is 1. The third-order valence-corrected chi connectivity index (χ3v) is 3.38. The number of esters is 1. The molecule has 0 aromatic rings. The molecule has 0 amide bonds. The summed E-state index contributed by atoms with van der Waals surface area (Å²) in [5, 5.41) is 52.5. The van der Waals surface area contributed by atoms with Gasteiger partial charge in [0.2, 0.25) is 0 Å². The molecule has 1 aliphatic rings. The van der Waals surface area contributed by atoms with E-state index in [1.54, 1.807) is 7.05 Å². The fraction of sp³-hybridized carbons (Fsp3) is 0.917. The summed E-state index contributed by atoms with van der Waals surface area (Å²) < 4.78 is 5.12. The van der Waals surface area contributed by atoms with Crippen molar-refractivity contribution in [1.29, 1.82) is 0 Å². The first-order chi connectivity index (χ1) is 9.90. The van der Waals surface area contributed by atoms with Gasteiger partial charge in [0.25, 0.3) is 0 Å². The predicted octanol–water partition coefficient (Wildman–Crippen LogP) is -4.08. The van der Waals surface area contributed by atoms with Gasteiger partial charge in [-0.2, -0.15) is 0 Å². The van der Waals surface area contributed by atoms with Crippen molar-refractivity contribution in [3.8, 4) is 0 Å². The standard InChI is InChI=1S/C12H24N2O7/c1-13-4-9(11(19)10(18)8(17)5-15)21-12(20)7-2-6(16)3-14-7/h6-11,13-19H,2-5H2,1H3/t6?,7?,8-,9+,10-,11-/m1/s1. The van der Waals surface area contributed by atoms with Gasteiger partial charge in [0.1, 0.15) is 30.5 Å². The molecule has 0 aliphatic carbocycles. The van der Waals surface area contributed by atoms with Crippen LogP contribution >= 0.6 is 0 Å². The molecule has 9 heteroatoms. The zero-order valence-electron chi connectivity index (χ0n) is 11.8. The Morgan fingerprint density at radius 3 is 2.52 bits per heavy atom. The summed E-state index contributed by atoms with van der Waals surface area (Å²) in [5.74, 6) is -0.656. The van der Waals surface area contributed by atoms with Crippen molar-refractivity contribution in [3.63, 3.8) is 0 Å². The minimum absolute atomic E-state index is 0.0530. The summed E-state index contributed by atoms with van der Waals surface area (Å²) >= 11 is 0. The molecule has 7 N–H and O–H groups in total. The smallest absolute Gasteiger partial charge is 0.323 e. The molecule has 1 rings (SSSR count). The minimum Gasteiger partial charge on any atom is -0.457 e. The van der Waals surface area contributed by atoms with Crippen molar-refractivity contribution in [1.82, 2.24) is 10.6 Å². The summed E-state index contributed by atoms with van der Waals surface area (Å²) in [6.07, 6.45) is -6.26. The Hall–Kier alpha value is -0.810. The maximum absolute atomic E-state index is 11.9. The number of hydrogen-bond donors (Lipinski definition) is 7. The van der Waals surface area contributed by atoms with Crippen molar-refractivity contribution in [3.05, 3.63) is 0 Å². The second-order valence-electron chi connectivity index (χ2n) is 5.11. The van der Waals surface area contributed by atoms with Crippen LogP contribution in [-0.2, 0) is 9.53 Å². The van der Waals surface area contributed by atoms with Crippen LogP contribution in [0.4, 0.5) is 0 Å². The minimum atomic E-state index is -1.65. The molecule has 0 radical (unpaired) electrons. The van der Waals surface area contributed by atoms with Crippen LogP contribution in [0, 0.1) is 0 Å². The van der Waals surface area contributed by atoms with Crippen LogP contribution in [-0.4, -0.2) is 94.8 Å². The fourth-order valence-electron chi connectivity index (χ4n) is 2.12. The Kier molecular flexibility index (Phi) is 7.46. The zero-order chi connectivity index (χ0) is 16.0. The Bertz CT molecular complexity index is 331. The summed E-state index contributed by atoms with van der Waals surface area (Å²) in [4.78, 5) is 11.9. The molecular formula is C12H24N2O7. The molecule has 2 unspecified atom stereocenters. The molecule has 1 aliphatic heterocycles. The SMILES string of the molecule is CNC[C@H](OC(=O)C1CC(O)CN1)[C@@H](O)[C@H](O)[C@H](O)CO. The van der Waals surface area contributed by atoms with Gasteiger partial charge in [-0.1, -0.05) is 0 Å². The van der Waals surface area contributed by atoms with Gasteiger partial charge in [-0.25, -0.2) is 0 Å². The van der Waals surface area contributed by atoms with Crippen LogP contribution in [0.5, 0.6) is 0 Å². The Morgan fingerprint density at radius 2 is 2.05 bits per heavy atom. The number of aliphatic hydroxyl groups is 5. The van der Waals surface area contributed by atoms with Crippen molar-refractivity contribution in [2.75, 3.05) is 26.7 Å². The van der Waals surface area contributed by atoms with E-state index in [4.69, 9.17) is 9.84 Å². The number of likely N-dealkylation sites (N-methyl/N-ethyl adjacent to an activating group) is 1. The average Bonchev–Trinajstić information content (AvgIpc) is 2.91. The van der Waals surface area contributed by atoms with Gasteiger partial charge in [-0.15, -0.1) is 0 Å². The fourth-order valence-corrected chi connectivity index (χ4v) is 2.12. The lowest BCUT2D eigenvalue weighted by molar-refractivity contribution is -0.167. The van der Waals surface area contributed by atoms with E-state index in [0.717, 1.165) is 0 Å². The topological polar surface area (TPSA) is 152 Å². The highest BCUT2D eigenvalue weighted by Crippen LogP contribution is 2.13. The molecule has 0 aromatic carbocycles. The number of nitrogens with one attached hydrogen (secondary N) is 2. The quantitative estimate of drug-likeness (QED) is 0.222. The number of rotatable bonds is 8. The molecule has 124 valence electrons. The molecule has 9 nitrogen and oxygen atoms in total. The summed E-state index contributed by atoms with van der Waals surface area (Å²) in [5.41, 5.74) is 0. The highest BCUT2D eigenvalue weighted by molar-refractivity contribution is 5.76. The lowest BCUT2D eigenvalue weighted by Crippen LogP contribution is -2.51. The molecule has 1 saturated heterocycles. The molecule has 1 fully saturated rings. The predicted molar refractivity (Wildman–Crippen MR) is 71.3 cm³/mol. The van der Waals surface area contributed by atoms with Crippen molar-refractivity contribution < 1.29 is 35.1 Å². The van der Waals surface area contributed by atoms with E-state index in [2.05, 4.69) is 10.6 Å².